The van der Waals surface area contributed by atoms with Gasteiger partial charge in [-0.25, -0.2) is 0 Å². The molecule has 4 heterocycles. The third-order valence-corrected chi connectivity index (χ3v) is 2.67. The lowest BCUT2D eigenvalue weighted by molar-refractivity contribution is 0.483. The minimum atomic E-state index is 0.323. The Bertz CT molecular complexity index is 827. The zero-order valence-corrected chi connectivity index (χ0v) is 14.9. The number of hydrogen-bond acceptors (Lipinski definition) is 10. The van der Waals surface area contributed by atoms with Crippen molar-refractivity contribution in [2.24, 2.45) is 0 Å². The van der Waals surface area contributed by atoms with Crippen LogP contribution in [0.5, 0.6) is 0 Å². The van der Waals surface area contributed by atoms with Crippen LogP contribution in [-0.4, -0.2) is 40.4 Å². The number of aryl methyl sites for hydroxylation is 2. The van der Waals surface area contributed by atoms with Crippen molar-refractivity contribution in [1.82, 2.24) is 40.4 Å². The molecule has 0 saturated heterocycles. The lowest BCUT2D eigenvalue weighted by atomic mass is 10.7. The second-order valence-corrected chi connectivity index (χ2v) is 5.05. The number of rotatable bonds is 1. The molecule has 12 nitrogen and oxygen atoms in total. The molecule has 0 saturated carbocycles. The van der Waals surface area contributed by atoms with Crippen LogP contribution in [0.15, 0.2) is 38.2 Å². The van der Waals surface area contributed by atoms with Gasteiger partial charge in [-0.3, -0.25) is 5.10 Å². The second kappa shape index (κ2) is 8.58. The highest BCUT2D eigenvalue weighted by atomic mass is 79.9. The molecule has 0 unspecified atom stereocenters. The number of halogens is 1. The van der Waals surface area contributed by atoms with Gasteiger partial charge in [-0.1, -0.05) is 5.10 Å². The average molecular weight is 411 g/mol. The Kier molecular flexibility index (Phi) is 6.22. The molecule has 0 aromatic carbocycles. The largest absolute Gasteiger partial charge is 0.416 e. The van der Waals surface area contributed by atoms with Crippen molar-refractivity contribution in [3.8, 4) is 6.01 Å². The summed E-state index contributed by atoms with van der Waals surface area (Å²) in [6.07, 6.45) is 3.26. The Hall–Kier alpha value is -3.22. The van der Waals surface area contributed by atoms with Gasteiger partial charge in [-0.05, 0) is 6.07 Å². The standard InChI is InChI=1S/C6H7N5O.C3H3BrN2O.C3H5N3/c1-4-8-9-6(12-4)11-3-2-5(7)10-11;1-2-5-6-3(4)7-2;4-3-1-2-5-6-3/h2-3H,1H3,(H2,7,10);1H3;1-2H,(H3,4,5,6). The molecule has 0 aliphatic carbocycles. The predicted octanol–water partition coefficient (Wildman–Crippen LogP) is 1.28. The van der Waals surface area contributed by atoms with Gasteiger partial charge in [-0.15, -0.1) is 20.4 Å². The highest BCUT2D eigenvalue weighted by Gasteiger charge is 2.04. The van der Waals surface area contributed by atoms with E-state index >= 15 is 0 Å². The van der Waals surface area contributed by atoms with Crippen molar-refractivity contribution < 1.29 is 8.83 Å². The Morgan fingerprint density at radius 2 is 1.76 bits per heavy atom. The van der Waals surface area contributed by atoms with Gasteiger partial charge >= 0.3 is 6.01 Å². The van der Waals surface area contributed by atoms with E-state index in [0.29, 0.717) is 34.2 Å². The second-order valence-electron chi connectivity index (χ2n) is 4.37. The molecular weight excluding hydrogens is 396 g/mol. The van der Waals surface area contributed by atoms with Crippen LogP contribution in [0.3, 0.4) is 0 Å². The molecule has 4 rings (SSSR count). The first-order chi connectivity index (χ1) is 11.9. The third-order valence-electron chi connectivity index (χ3n) is 2.34. The summed E-state index contributed by atoms with van der Waals surface area (Å²) in [5, 5.41) is 24.5. The topological polar surface area (TPSA) is 176 Å². The molecule has 132 valence electrons. The van der Waals surface area contributed by atoms with Crippen LogP contribution in [0, 0.1) is 13.8 Å². The minimum absolute atomic E-state index is 0.323. The minimum Gasteiger partial charge on any atom is -0.416 e. The summed E-state index contributed by atoms with van der Waals surface area (Å²) in [6.45, 7) is 3.45. The molecule has 4 aromatic heterocycles. The van der Waals surface area contributed by atoms with E-state index in [4.69, 9.17) is 20.3 Å². The molecule has 0 radical (unpaired) electrons. The zero-order valence-electron chi connectivity index (χ0n) is 13.3. The molecule has 25 heavy (non-hydrogen) atoms. The summed E-state index contributed by atoms with van der Waals surface area (Å²) in [7, 11) is 0. The number of hydrogen-bond donors (Lipinski definition) is 3. The van der Waals surface area contributed by atoms with E-state index < -0.39 is 0 Å². The number of H-pyrrole nitrogens is 1. The molecule has 4 aromatic rings. The number of anilines is 2. The van der Waals surface area contributed by atoms with Crippen LogP contribution >= 0.6 is 15.9 Å². The molecule has 5 N–H and O–H groups in total. The number of aromatic nitrogens is 8. The van der Waals surface area contributed by atoms with E-state index in [9.17, 15) is 0 Å². The first-order valence-corrected chi connectivity index (χ1v) is 7.55. The number of nitrogens with zero attached hydrogens (tertiary/aromatic N) is 7. The maximum atomic E-state index is 5.40. The van der Waals surface area contributed by atoms with E-state index in [-0.39, 0.29) is 0 Å². The molecule has 0 amide bonds. The molecular formula is C12H15BrN10O2. The Morgan fingerprint density at radius 3 is 2.08 bits per heavy atom. The average Bonchev–Trinajstić information content (AvgIpc) is 3.33. The van der Waals surface area contributed by atoms with Gasteiger partial charge in [0.15, 0.2) is 0 Å². The first kappa shape index (κ1) is 18.1. The van der Waals surface area contributed by atoms with E-state index in [2.05, 4.69) is 51.6 Å². The SMILES string of the molecule is Cc1nnc(-n2ccc(N)n2)o1.Cc1nnc(Br)o1.Nc1ccn[nH]1. The fraction of sp³-hybridized carbons (Fsp3) is 0.167. The molecule has 0 fully saturated rings. The monoisotopic (exact) mass is 410 g/mol. The molecule has 0 atom stereocenters. The van der Waals surface area contributed by atoms with Gasteiger partial charge in [0, 0.05) is 42.0 Å². The van der Waals surface area contributed by atoms with E-state index in [0.717, 1.165) is 0 Å². The quantitative estimate of drug-likeness (QED) is 0.413. The summed E-state index contributed by atoms with van der Waals surface area (Å²) < 4.78 is 11.3. The van der Waals surface area contributed by atoms with Crippen LogP contribution in [-0.2, 0) is 0 Å². The van der Waals surface area contributed by atoms with Crippen LogP contribution in [0.25, 0.3) is 6.01 Å². The normalized spacial score (nSPS) is 9.72. The van der Waals surface area contributed by atoms with Crippen molar-refractivity contribution in [2.45, 2.75) is 13.8 Å². The zero-order chi connectivity index (χ0) is 18.2. The number of nitrogens with one attached hydrogen (secondary N) is 1. The molecule has 13 heteroatoms. The lowest BCUT2D eigenvalue weighted by Gasteiger charge is -1.88. The van der Waals surface area contributed by atoms with Gasteiger partial charge in [0.05, 0.1) is 6.20 Å². The summed E-state index contributed by atoms with van der Waals surface area (Å²) in [4.78, 5) is 0.435. The van der Waals surface area contributed by atoms with Crippen molar-refractivity contribution in [3.05, 3.63) is 41.1 Å². The van der Waals surface area contributed by atoms with Crippen LogP contribution in [0.1, 0.15) is 11.8 Å². The van der Waals surface area contributed by atoms with Crippen LogP contribution < -0.4 is 11.5 Å². The predicted molar refractivity (Wildman–Crippen MR) is 90.3 cm³/mol. The molecule has 0 aliphatic heterocycles. The number of nitrogen functional groups attached to an aromatic ring is 2. The van der Waals surface area contributed by atoms with Crippen molar-refractivity contribution in [2.75, 3.05) is 11.5 Å². The smallest absolute Gasteiger partial charge is 0.343 e. The van der Waals surface area contributed by atoms with Crippen LogP contribution in [0.4, 0.5) is 11.6 Å². The summed E-state index contributed by atoms with van der Waals surface area (Å²) >= 11 is 2.99. The van der Waals surface area contributed by atoms with E-state index in [1.54, 1.807) is 38.4 Å². The van der Waals surface area contributed by atoms with Crippen molar-refractivity contribution in [1.29, 1.82) is 0 Å². The maximum Gasteiger partial charge on any atom is 0.343 e. The fourth-order valence-electron chi connectivity index (χ4n) is 1.36. The van der Waals surface area contributed by atoms with E-state index in [1.165, 1.54) is 4.68 Å². The first-order valence-electron chi connectivity index (χ1n) is 6.76. The summed E-state index contributed by atoms with van der Waals surface area (Å²) in [5.74, 6) is 2.10. The highest BCUT2D eigenvalue weighted by Crippen LogP contribution is 2.06. The van der Waals surface area contributed by atoms with Gasteiger partial charge in [-0.2, -0.15) is 9.78 Å². The molecule has 0 spiro atoms. The third kappa shape index (κ3) is 6.06. The summed E-state index contributed by atoms with van der Waals surface area (Å²) in [5.41, 5.74) is 10.6. The lowest BCUT2D eigenvalue weighted by Crippen LogP contribution is -1.96. The molecule has 0 aliphatic rings. The van der Waals surface area contributed by atoms with Gasteiger partial charge in [0.25, 0.3) is 4.80 Å². The fourth-order valence-corrected chi connectivity index (χ4v) is 1.68. The highest BCUT2D eigenvalue weighted by molar-refractivity contribution is 9.10. The number of aromatic amines is 1. The van der Waals surface area contributed by atoms with Crippen molar-refractivity contribution >= 4 is 27.6 Å². The Balaban J connectivity index is 0.000000148. The maximum absolute atomic E-state index is 5.40. The van der Waals surface area contributed by atoms with E-state index in [1.807, 2.05) is 0 Å². The van der Waals surface area contributed by atoms with Crippen molar-refractivity contribution in [3.63, 3.8) is 0 Å². The Labute approximate surface area is 149 Å². The Morgan fingerprint density at radius 1 is 1.04 bits per heavy atom. The van der Waals surface area contributed by atoms with Gasteiger partial charge in [0.1, 0.15) is 11.6 Å². The molecule has 0 bridgehead atoms. The summed E-state index contributed by atoms with van der Waals surface area (Å²) in [6, 6.07) is 3.67. The van der Waals surface area contributed by atoms with Crippen LogP contribution in [0.2, 0.25) is 0 Å². The van der Waals surface area contributed by atoms with Gasteiger partial charge < -0.3 is 20.3 Å². The number of nitrogens with two attached hydrogens (primary N) is 2. The van der Waals surface area contributed by atoms with Gasteiger partial charge in [0.2, 0.25) is 11.8 Å².